The second kappa shape index (κ2) is 11.4. The number of benzene rings is 1. The van der Waals surface area contributed by atoms with Crippen molar-refractivity contribution in [3.05, 3.63) is 48.0 Å². The molecule has 0 saturated heterocycles. The molecule has 1 fully saturated rings. The van der Waals surface area contributed by atoms with Crippen LogP contribution < -0.4 is 5.32 Å². The topological polar surface area (TPSA) is 93.4 Å². The third-order valence-corrected chi connectivity index (χ3v) is 3.87. The van der Waals surface area contributed by atoms with E-state index in [1.807, 2.05) is 18.2 Å². The van der Waals surface area contributed by atoms with E-state index in [-0.39, 0.29) is 11.5 Å². The number of nitriles is 1. The second-order valence-electron chi connectivity index (χ2n) is 5.85. The minimum atomic E-state index is -0.441. The van der Waals surface area contributed by atoms with Crippen molar-refractivity contribution in [3.8, 4) is 6.07 Å². The average molecular weight is 330 g/mol. The Balaban J connectivity index is 0.000000300. The van der Waals surface area contributed by atoms with Crippen LogP contribution in [-0.4, -0.2) is 34.9 Å². The van der Waals surface area contributed by atoms with E-state index in [0.29, 0.717) is 6.54 Å². The number of amides is 1. The van der Waals surface area contributed by atoms with Crippen LogP contribution >= 0.6 is 0 Å². The van der Waals surface area contributed by atoms with E-state index in [4.69, 9.17) is 15.5 Å². The molecule has 0 bridgehead atoms. The molecule has 0 aliphatic heterocycles. The van der Waals surface area contributed by atoms with Crippen LogP contribution in [0.1, 0.15) is 37.7 Å². The van der Waals surface area contributed by atoms with Crippen LogP contribution in [-0.2, 0) is 11.2 Å². The first kappa shape index (κ1) is 19.9. The maximum atomic E-state index is 11.2. The molecule has 1 aliphatic rings. The molecular weight excluding hydrogens is 304 g/mol. The summed E-state index contributed by atoms with van der Waals surface area (Å²) in [6, 6.07) is 11.8. The Bertz CT molecular complexity index is 541. The highest BCUT2D eigenvalue weighted by Crippen LogP contribution is 2.17. The summed E-state index contributed by atoms with van der Waals surface area (Å²) >= 11 is 0. The summed E-state index contributed by atoms with van der Waals surface area (Å²) in [4.78, 5) is 11.2. The van der Waals surface area contributed by atoms with Gasteiger partial charge in [0.15, 0.2) is 0 Å². The zero-order chi connectivity index (χ0) is 17.8. The van der Waals surface area contributed by atoms with E-state index < -0.39 is 12.2 Å². The van der Waals surface area contributed by atoms with Gasteiger partial charge in [0, 0.05) is 6.54 Å². The Morgan fingerprint density at radius 1 is 1.21 bits per heavy atom. The lowest BCUT2D eigenvalue weighted by atomic mass is 9.95. The second-order valence-corrected chi connectivity index (χ2v) is 5.85. The molecule has 5 nitrogen and oxygen atoms in total. The number of aliphatic hydroxyl groups is 2. The van der Waals surface area contributed by atoms with E-state index in [1.165, 1.54) is 5.56 Å². The maximum Gasteiger partial charge on any atom is 0.261 e. The number of hydrogen-bond acceptors (Lipinski definition) is 4. The molecule has 1 amide bonds. The molecule has 5 heteroatoms. The predicted molar refractivity (Wildman–Crippen MR) is 93.0 cm³/mol. The van der Waals surface area contributed by atoms with Gasteiger partial charge in [-0.05, 0) is 31.2 Å². The lowest BCUT2D eigenvalue weighted by Crippen LogP contribution is -2.28. The molecule has 2 rings (SSSR count). The fourth-order valence-corrected chi connectivity index (χ4v) is 2.39. The highest BCUT2D eigenvalue weighted by Gasteiger charge is 2.19. The molecule has 130 valence electrons. The van der Waals surface area contributed by atoms with Crippen molar-refractivity contribution in [2.45, 2.75) is 50.7 Å². The van der Waals surface area contributed by atoms with Crippen LogP contribution in [0.4, 0.5) is 0 Å². The molecule has 0 heterocycles. The van der Waals surface area contributed by atoms with Crippen LogP contribution in [0.2, 0.25) is 0 Å². The van der Waals surface area contributed by atoms with Crippen molar-refractivity contribution in [1.29, 1.82) is 5.26 Å². The minimum Gasteiger partial charge on any atom is -0.390 e. The molecule has 1 aromatic carbocycles. The zero-order valence-corrected chi connectivity index (χ0v) is 13.9. The van der Waals surface area contributed by atoms with Gasteiger partial charge in [-0.3, -0.25) is 4.79 Å². The fraction of sp³-hybridized carbons (Fsp3) is 0.474. The Kier molecular flexibility index (Phi) is 9.44. The maximum absolute atomic E-state index is 11.2. The largest absolute Gasteiger partial charge is 0.390 e. The molecule has 24 heavy (non-hydrogen) atoms. The Morgan fingerprint density at radius 3 is 2.29 bits per heavy atom. The molecule has 0 aromatic heterocycles. The van der Waals surface area contributed by atoms with Crippen LogP contribution in [0, 0.1) is 11.3 Å². The standard InChI is InChI=1S/C13H14N2O.C6H12O2/c1-11(10-14)13(16)15-9-5-8-12-6-3-2-4-7-12;7-5-3-1-2-4-6(5)8/h2-4,6-7H,1,5,8-9H2,(H,15,16);5-8H,1-4H2. The summed E-state index contributed by atoms with van der Waals surface area (Å²) in [6.07, 6.45) is 4.58. The monoisotopic (exact) mass is 330 g/mol. The van der Waals surface area contributed by atoms with Crippen molar-refractivity contribution in [2.75, 3.05) is 6.54 Å². The van der Waals surface area contributed by atoms with Gasteiger partial charge in [0.1, 0.15) is 11.6 Å². The van der Waals surface area contributed by atoms with Gasteiger partial charge in [0.05, 0.1) is 12.2 Å². The molecule has 2 unspecified atom stereocenters. The van der Waals surface area contributed by atoms with Gasteiger partial charge >= 0.3 is 0 Å². The molecule has 2 atom stereocenters. The summed E-state index contributed by atoms with van der Waals surface area (Å²) in [5.74, 6) is -0.379. The van der Waals surface area contributed by atoms with Crippen LogP contribution in [0.3, 0.4) is 0 Å². The Hall–Kier alpha value is -2.16. The highest BCUT2D eigenvalue weighted by atomic mass is 16.3. The average Bonchev–Trinajstić information content (AvgIpc) is 2.62. The first-order chi connectivity index (χ1) is 11.5. The summed E-state index contributed by atoms with van der Waals surface area (Å²) in [5, 5.41) is 28.9. The lowest BCUT2D eigenvalue weighted by molar-refractivity contribution is -0.117. The van der Waals surface area contributed by atoms with Crippen LogP contribution in [0.15, 0.2) is 42.5 Å². The van der Waals surface area contributed by atoms with Gasteiger partial charge < -0.3 is 15.5 Å². The van der Waals surface area contributed by atoms with Gasteiger partial charge in [-0.2, -0.15) is 5.26 Å². The number of rotatable bonds is 5. The van der Waals surface area contributed by atoms with Crippen molar-refractivity contribution < 1.29 is 15.0 Å². The zero-order valence-electron chi connectivity index (χ0n) is 13.9. The van der Waals surface area contributed by atoms with Crippen molar-refractivity contribution in [1.82, 2.24) is 5.32 Å². The molecular formula is C19H26N2O3. The molecule has 0 radical (unpaired) electrons. The van der Waals surface area contributed by atoms with Gasteiger partial charge in [-0.15, -0.1) is 0 Å². The number of aryl methyl sites for hydroxylation is 1. The summed E-state index contributed by atoms with van der Waals surface area (Å²) < 4.78 is 0. The summed E-state index contributed by atoms with van der Waals surface area (Å²) in [5.41, 5.74) is 1.20. The number of nitrogens with zero attached hydrogens (tertiary/aromatic N) is 1. The molecule has 3 N–H and O–H groups in total. The van der Waals surface area contributed by atoms with Crippen LogP contribution in [0.25, 0.3) is 0 Å². The van der Waals surface area contributed by atoms with Crippen molar-refractivity contribution in [3.63, 3.8) is 0 Å². The number of aliphatic hydroxyl groups excluding tert-OH is 2. The molecule has 0 spiro atoms. The molecule has 1 saturated carbocycles. The SMILES string of the molecule is C=C(C#N)C(=O)NCCCc1ccccc1.OC1CCCCC1O. The first-order valence-corrected chi connectivity index (χ1v) is 8.32. The lowest BCUT2D eigenvalue weighted by Gasteiger charge is -2.22. The van der Waals surface area contributed by atoms with E-state index in [0.717, 1.165) is 38.5 Å². The molecule has 1 aromatic rings. The number of carbonyl (C=O) groups is 1. The van der Waals surface area contributed by atoms with Gasteiger partial charge in [-0.25, -0.2) is 0 Å². The smallest absolute Gasteiger partial charge is 0.261 e. The number of nitrogens with one attached hydrogen (secondary N) is 1. The van der Waals surface area contributed by atoms with Crippen LogP contribution in [0.5, 0.6) is 0 Å². The van der Waals surface area contributed by atoms with Gasteiger partial charge in [0.2, 0.25) is 0 Å². The first-order valence-electron chi connectivity index (χ1n) is 8.32. The summed E-state index contributed by atoms with van der Waals surface area (Å²) in [6.45, 7) is 3.90. The van der Waals surface area contributed by atoms with E-state index >= 15 is 0 Å². The minimum absolute atomic E-state index is 0.0419. The summed E-state index contributed by atoms with van der Waals surface area (Å²) in [7, 11) is 0. The molecule has 1 aliphatic carbocycles. The third-order valence-electron chi connectivity index (χ3n) is 3.87. The van der Waals surface area contributed by atoms with Crippen molar-refractivity contribution >= 4 is 5.91 Å². The predicted octanol–water partition coefficient (Wildman–Crippen LogP) is 2.10. The van der Waals surface area contributed by atoms with Crippen molar-refractivity contribution in [2.24, 2.45) is 0 Å². The number of carbonyl (C=O) groups excluding carboxylic acids is 1. The van der Waals surface area contributed by atoms with Gasteiger partial charge in [0.25, 0.3) is 5.91 Å². The highest BCUT2D eigenvalue weighted by molar-refractivity contribution is 5.96. The number of hydrogen-bond donors (Lipinski definition) is 3. The third kappa shape index (κ3) is 7.91. The van der Waals surface area contributed by atoms with E-state index in [2.05, 4.69) is 24.0 Å². The Morgan fingerprint density at radius 2 is 1.79 bits per heavy atom. The normalized spacial score (nSPS) is 19.4. The fourth-order valence-electron chi connectivity index (χ4n) is 2.39. The Labute approximate surface area is 143 Å². The van der Waals surface area contributed by atoms with E-state index in [1.54, 1.807) is 6.07 Å². The van der Waals surface area contributed by atoms with Gasteiger partial charge in [-0.1, -0.05) is 49.8 Å². The quantitative estimate of drug-likeness (QED) is 0.438. The van der Waals surface area contributed by atoms with E-state index in [9.17, 15) is 4.79 Å².